The Morgan fingerprint density at radius 3 is 2.86 bits per heavy atom. The predicted molar refractivity (Wildman–Crippen MR) is 86.9 cm³/mol. The van der Waals surface area contributed by atoms with Crippen LogP contribution in [0, 0.1) is 6.92 Å². The van der Waals surface area contributed by atoms with Gasteiger partial charge in [0.15, 0.2) is 0 Å². The molecule has 0 bridgehead atoms. The van der Waals surface area contributed by atoms with E-state index in [1.807, 2.05) is 31.2 Å². The number of fused-ring (bicyclic) bond motifs is 1. The SMILES string of the molecule is Cc1cccc(CNC(=O)c2ccc(Cl)c3cccnc23)n1. The van der Waals surface area contributed by atoms with E-state index >= 15 is 0 Å². The number of halogens is 1. The molecule has 3 rings (SSSR count). The second-order valence-corrected chi connectivity index (χ2v) is 5.35. The third kappa shape index (κ3) is 2.92. The first-order chi connectivity index (χ1) is 10.6. The fourth-order valence-corrected chi connectivity index (χ4v) is 2.50. The molecule has 1 N–H and O–H groups in total. The second kappa shape index (κ2) is 6.12. The van der Waals surface area contributed by atoms with Gasteiger partial charge in [-0.05, 0) is 43.3 Å². The minimum Gasteiger partial charge on any atom is -0.346 e. The lowest BCUT2D eigenvalue weighted by Crippen LogP contribution is -2.23. The lowest BCUT2D eigenvalue weighted by atomic mass is 10.1. The third-order valence-corrected chi connectivity index (χ3v) is 3.67. The van der Waals surface area contributed by atoms with Crippen LogP contribution in [0.3, 0.4) is 0 Å². The number of rotatable bonds is 3. The summed E-state index contributed by atoms with van der Waals surface area (Å²) < 4.78 is 0. The molecule has 4 nitrogen and oxygen atoms in total. The van der Waals surface area contributed by atoms with Gasteiger partial charge in [-0.25, -0.2) is 0 Å². The Balaban J connectivity index is 1.85. The highest BCUT2D eigenvalue weighted by Crippen LogP contribution is 2.24. The summed E-state index contributed by atoms with van der Waals surface area (Å²) in [5.41, 5.74) is 2.85. The molecule has 1 amide bonds. The standard InChI is InChI=1S/C17H14ClN3O/c1-11-4-2-5-12(21-11)10-20-17(22)14-7-8-15(18)13-6-3-9-19-16(13)14/h2-9H,10H2,1H3,(H,20,22). The van der Waals surface area contributed by atoms with Crippen molar-refractivity contribution < 1.29 is 4.79 Å². The van der Waals surface area contributed by atoms with Gasteiger partial charge >= 0.3 is 0 Å². The number of pyridine rings is 2. The largest absolute Gasteiger partial charge is 0.346 e. The van der Waals surface area contributed by atoms with Gasteiger partial charge in [0.2, 0.25) is 0 Å². The number of nitrogens with zero attached hydrogens (tertiary/aromatic N) is 2. The van der Waals surface area contributed by atoms with E-state index in [1.54, 1.807) is 24.4 Å². The number of carbonyl (C=O) groups is 1. The van der Waals surface area contributed by atoms with Crippen LogP contribution < -0.4 is 5.32 Å². The van der Waals surface area contributed by atoms with E-state index in [-0.39, 0.29) is 5.91 Å². The summed E-state index contributed by atoms with van der Waals surface area (Å²) in [5, 5.41) is 4.22. The van der Waals surface area contributed by atoms with E-state index in [2.05, 4.69) is 15.3 Å². The normalized spacial score (nSPS) is 10.6. The second-order valence-electron chi connectivity index (χ2n) is 4.95. The molecular formula is C17H14ClN3O. The first kappa shape index (κ1) is 14.5. The summed E-state index contributed by atoms with van der Waals surface area (Å²) in [6.45, 7) is 2.29. The lowest BCUT2D eigenvalue weighted by Gasteiger charge is -2.08. The number of benzene rings is 1. The Hall–Kier alpha value is -2.46. The van der Waals surface area contributed by atoms with E-state index < -0.39 is 0 Å². The van der Waals surface area contributed by atoms with E-state index in [4.69, 9.17) is 11.6 Å². The van der Waals surface area contributed by atoms with Gasteiger partial charge < -0.3 is 5.32 Å². The van der Waals surface area contributed by atoms with Gasteiger partial charge in [-0.1, -0.05) is 17.7 Å². The maximum absolute atomic E-state index is 12.4. The number of amides is 1. The van der Waals surface area contributed by atoms with Crippen LogP contribution >= 0.6 is 11.6 Å². The maximum atomic E-state index is 12.4. The van der Waals surface area contributed by atoms with Gasteiger partial charge in [-0.3, -0.25) is 14.8 Å². The molecule has 110 valence electrons. The maximum Gasteiger partial charge on any atom is 0.253 e. The molecular weight excluding hydrogens is 298 g/mol. The number of aryl methyl sites for hydroxylation is 1. The highest BCUT2D eigenvalue weighted by atomic mass is 35.5. The predicted octanol–water partition coefficient (Wildman–Crippen LogP) is 3.52. The summed E-state index contributed by atoms with van der Waals surface area (Å²) in [6, 6.07) is 12.8. The van der Waals surface area contributed by atoms with Gasteiger partial charge in [0.1, 0.15) is 0 Å². The molecule has 3 aromatic rings. The van der Waals surface area contributed by atoms with Crippen molar-refractivity contribution in [1.29, 1.82) is 0 Å². The van der Waals surface area contributed by atoms with Crippen molar-refractivity contribution in [3.8, 4) is 0 Å². The average Bonchev–Trinajstić information content (AvgIpc) is 2.53. The van der Waals surface area contributed by atoms with Gasteiger partial charge in [-0.15, -0.1) is 0 Å². The molecule has 0 saturated carbocycles. The zero-order chi connectivity index (χ0) is 15.5. The van der Waals surface area contributed by atoms with Crippen LogP contribution in [0.1, 0.15) is 21.7 Å². The summed E-state index contributed by atoms with van der Waals surface area (Å²) in [6.07, 6.45) is 1.65. The molecule has 0 aliphatic carbocycles. The molecule has 0 unspecified atom stereocenters. The number of carbonyl (C=O) groups excluding carboxylic acids is 1. The van der Waals surface area contributed by atoms with Crippen LogP contribution in [-0.2, 0) is 6.54 Å². The summed E-state index contributed by atoms with van der Waals surface area (Å²) >= 11 is 6.14. The van der Waals surface area contributed by atoms with E-state index in [9.17, 15) is 4.79 Å². The Morgan fingerprint density at radius 2 is 2.05 bits per heavy atom. The number of hydrogen-bond donors (Lipinski definition) is 1. The van der Waals surface area contributed by atoms with Gasteiger partial charge in [-0.2, -0.15) is 0 Å². The Morgan fingerprint density at radius 1 is 1.18 bits per heavy atom. The highest BCUT2D eigenvalue weighted by Gasteiger charge is 2.12. The number of hydrogen-bond acceptors (Lipinski definition) is 3. The quantitative estimate of drug-likeness (QED) is 0.805. The molecule has 22 heavy (non-hydrogen) atoms. The van der Waals surface area contributed by atoms with Crippen LogP contribution in [0.2, 0.25) is 5.02 Å². The zero-order valence-electron chi connectivity index (χ0n) is 12.0. The van der Waals surface area contributed by atoms with Crippen molar-refractivity contribution >= 4 is 28.4 Å². The molecule has 0 aliphatic rings. The first-order valence-corrected chi connectivity index (χ1v) is 7.27. The van der Waals surface area contributed by atoms with Crippen LogP contribution in [0.5, 0.6) is 0 Å². The Bertz CT molecular complexity index is 848. The molecule has 0 saturated heterocycles. The molecule has 0 fully saturated rings. The summed E-state index contributed by atoms with van der Waals surface area (Å²) in [5.74, 6) is -0.191. The molecule has 0 spiro atoms. The van der Waals surface area contributed by atoms with Crippen LogP contribution in [0.4, 0.5) is 0 Å². The number of nitrogens with one attached hydrogen (secondary N) is 1. The molecule has 2 aromatic heterocycles. The van der Waals surface area contributed by atoms with E-state index in [0.29, 0.717) is 22.6 Å². The number of aromatic nitrogens is 2. The van der Waals surface area contributed by atoms with Gasteiger partial charge in [0.25, 0.3) is 5.91 Å². The molecule has 1 aromatic carbocycles. The summed E-state index contributed by atoms with van der Waals surface area (Å²) in [4.78, 5) is 21.0. The summed E-state index contributed by atoms with van der Waals surface area (Å²) in [7, 11) is 0. The third-order valence-electron chi connectivity index (χ3n) is 3.34. The first-order valence-electron chi connectivity index (χ1n) is 6.89. The highest BCUT2D eigenvalue weighted by molar-refractivity contribution is 6.36. The molecule has 2 heterocycles. The van der Waals surface area contributed by atoms with Crippen molar-refractivity contribution in [2.75, 3.05) is 0 Å². The van der Waals surface area contributed by atoms with Crippen molar-refractivity contribution in [2.24, 2.45) is 0 Å². The molecule has 5 heteroatoms. The topological polar surface area (TPSA) is 54.9 Å². The molecule has 0 radical (unpaired) electrons. The van der Waals surface area contributed by atoms with E-state index in [0.717, 1.165) is 16.8 Å². The average molecular weight is 312 g/mol. The fourth-order valence-electron chi connectivity index (χ4n) is 2.29. The smallest absolute Gasteiger partial charge is 0.253 e. The van der Waals surface area contributed by atoms with Crippen molar-refractivity contribution in [1.82, 2.24) is 15.3 Å². The molecule has 0 atom stereocenters. The van der Waals surface area contributed by atoms with Crippen LogP contribution in [0.25, 0.3) is 10.9 Å². The molecule has 0 aliphatic heterocycles. The monoisotopic (exact) mass is 311 g/mol. The van der Waals surface area contributed by atoms with E-state index in [1.165, 1.54) is 0 Å². The van der Waals surface area contributed by atoms with Crippen LogP contribution in [0.15, 0.2) is 48.7 Å². The van der Waals surface area contributed by atoms with Crippen molar-refractivity contribution in [3.05, 3.63) is 70.6 Å². The van der Waals surface area contributed by atoms with Gasteiger partial charge in [0.05, 0.1) is 28.3 Å². The van der Waals surface area contributed by atoms with Crippen molar-refractivity contribution in [2.45, 2.75) is 13.5 Å². The zero-order valence-corrected chi connectivity index (χ0v) is 12.8. The lowest BCUT2D eigenvalue weighted by molar-refractivity contribution is 0.0952. The minimum absolute atomic E-state index is 0.191. The van der Waals surface area contributed by atoms with Crippen molar-refractivity contribution in [3.63, 3.8) is 0 Å². The Kier molecular flexibility index (Phi) is 4.02. The minimum atomic E-state index is -0.191. The van der Waals surface area contributed by atoms with Crippen LogP contribution in [-0.4, -0.2) is 15.9 Å². The van der Waals surface area contributed by atoms with Gasteiger partial charge in [0, 0.05) is 17.3 Å². The fraction of sp³-hybridized carbons (Fsp3) is 0.118. The Labute approximate surface area is 133 Å².